The molecule has 0 radical (unpaired) electrons. The Bertz CT molecular complexity index is 1780. The molecule has 1 heterocycles. The van der Waals surface area contributed by atoms with Crippen molar-refractivity contribution < 1.29 is 4.42 Å². The Balaban J connectivity index is 1.69. The number of nitrogens with zero attached hydrogens (tertiary/aromatic N) is 1. The second kappa shape index (κ2) is 8.44. The van der Waals surface area contributed by atoms with Crippen molar-refractivity contribution in [2.45, 2.75) is 0 Å². The standard InChI is InChI=1S/C34H23NO/c1-4-12-24(13-5-1)29-21-23-31-33(32-28-19-11-10-14-25(28)20-22-30(32)36-31)34(29)35(26-15-6-2-7-16-26)27-17-8-3-9-18-27/h1-23H. The summed E-state index contributed by atoms with van der Waals surface area (Å²) in [7, 11) is 0. The van der Waals surface area contributed by atoms with Gasteiger partial charge in [0.15, 0.2) is 0 Å². The van der Waals surface area contributed by atoms with Crippen molar-refractivity contribution in [3.8, 4) is 11.1 Å². The highest BCUT2D eigenvalue weighted by Gasteiger charge is 2.24. The number of hydrogen-bond acceptors (Lipinski definition) is 2. The molecule has 7 aromatic rings. The summed E-state index contributed by atoms with van der Waals surface area (Å²) >= 11 is 0. The molecule has 1 aromatic heterocycles. The van der Waals surface area contributed by atoms with E-state index in [1.165, 1.54) is 16.3 Å². The predicted octanol–water partition coefficient (Wildman–Crippen LogP) is 9.88. The van der Waals surface area contributed by atoms with Gasteiger partial charge in [-0.3, -0.25) is 0 Å². The maximum Gasteiger partial charge on any atom is 0.137 e. The molecular formula is C34H23NO. The van der Waals surface area contributed by atoms with Crippen LogP contribution >= 0.6 is 0 Å². The Hall–Kier alpha value is -4.82. The van der Waals surface area contributed by atoms with Gasteiger partial charge in [0.05, 0.1) is 11.1 Å². The van der Waals surface area contributed by atoms with E-state index >= 15 is 0 Å². The molecule has 0 saturated heterocycles. The highest BCUT2D eigenvalue weighted by atomic mass is 16.3. The molecule has 170 valence electrons. The lowest BCUT2D eigenvalue weighted by molar-refractivity contribution is 0.669. The molecule has 2 heteroatoms. The third kappa shape index (κ3) is 3.27. The minimum atomic E-state index is 0.882. The Labute approximate surface area is 209 Å². The molecule has 2 nitrogen and oxygen atoms in total. The average molecular weight is 462 g/mol. The van der Waals surface area contributed by atoms with Gasteiger partial charge in [-0.05, 0) is 58.8 Å². The van der Waals surface area contributed by atoms with Gasteiger partial charge in [-0.1, -0.05) is 97.1 Å². The zero-order valence-corrected chi connectivity index (χ0v) is 19.6. The van der Waals surface area contributed by atoms with Crippen LogP contribution in [-0.4, -0.2) is 0 Å². The smallest absolute Gasteiger partial charge is 0.137 e. The molecule has 0 aliphatic rings. The highest BCUT2D eigenvalue weighted by Crippen LogP contribution is 2.49. The van der Waals surface area contributed by atoms with Crippen molar-refractivity contribution in [2.75, 3.05) is 4.90 Å². The van der Waals surface area contributed by atoms with Crippen LogP contribution in [0.25, 0.3) is 43.8 Å². The van der Waals surface area contributed by atoms with E-state index in [4.69, 9.17) is 4.42 Å². The third-order valence-corrected chi connectivity index (χ3v) is 6.84. The summed E-state index contributed by atoms with van der Waals surface area (Å²) in [6.07, 6.45) is 0. The zero-order chi connectivity index (χ0) is 23.9. The molecule has 0 fully saturated rings. The van der Waals surface area contributed by atoms with Gasteiger partial charge < -0.3 is 9.32 Å². The Kier molecular flexibility index (Phi) is 4.82. The Morgan fingerprint density at radius 2 is 1.00 bits per heavy atom. The number of hydrogen-bond donors (Lipinski definition) is 0. The monoisotopic (exact) mass is 461 g/mol. The van der Waals surface area contributed by atoms with Crippen LogP contribution in [0.3, 0.4) is 0 Å². The number of anilines is 3. The normalized spacial score (nSPS) is 11.3. The summed E-state index contributed by atoms with van der Waals surface area (Å²) in [6, 6.07) is 48.9. The SMILES string of the molecule is c1ccc(-c2ccc3oc4ccc5ccccc5c4c3c2N(c2ccccc2)c2ccccc2)cc1. The molecule has 0 unspecified atom stereocenters. The van der Waals surface area contributed by atoms with Gasteiger partial charge in [0.25, 0.3) is 0 Å². The molecule has 6 aromatic carbocycles. The van der Waals surface area contributed by atoms with Crippen molar-refractivity contribution in [3.05, 3.63) is 140 Å². The van der Waals surface area contributed by atoms with Crippen LogP contribution in [-0.2, 0) is 0 Å². The first-order chi connectivity index (χ1) is 17.9. The van der Waals surface area contributed by atoms with Crippen molar-refractivity contribution in [2.24, 2.45) is 0 Å². The molecule has 0 spiro atoms. The predicted molar refractivity (Wildman–Crippen MR) is 151 cm³/mol. The fourth-order valence-electron chi connectivity index (χ4n) is 5.26. The number of furan rings is 1. The van der Waals surface area contributed by atoms with Crippen LogP contribution in [0.15, 0.2) is 144 Å². The first-order valence-electron chi connectivity index (χ1n) is 12.2. The summed E-state index contributed by atoms with van der Waals surface area (Å²) in [6.45, 7) is 0. The largest absolute Gasteiger partial charge is 0.456 e. The second-order valence-electron chi connectivity index (χ2n) is 8.97. The topological polar surface area (TPSA) is 16.4 Å². The summed E-state index contributed by atoms with van der Waals surface area (Å²) in [4.78, 5) is 2.36. The molecule has 0 N–H and O–H groups in total. The quantitative estimate of drug-likeness (QED) is 0.259. The summed E-state index contributed by atoms with van der Waals surface area (Å²) in [5, 5.41) is 4.67. The van der Waals surface area contributed by atoms with Crippen molar-refractivity contribution in [3.63, 3.8) is 0 Å². The lowest BCUT2D eigenvalue weighted by atomic mass is 9.96. The average Bonchev–Trinajstić information content (AvgIpc) is 3.34. The van der Waals surface area contributed by atoms with Crippen LogP contribution in [0.4, 0.5) is 17.1 Å². The van der Waals surface area contributed by atoms with Crippen LogP contribution < -0.4 is 4.90 Å². The summed E-state index contributed by atoms with van der Waals surface area (Å²) in [5.74, 6) is 0. The molecule has 0 amide bonds. The maximum absolute atomic E-state index is 6.49. The van der Waals surface area contributed by atoms with Crippen molar-refractivity contribution >= 4 is 49.8 Å². The van der Waals surface area contributed by atoms with E-state index < -0.39 is 0 Å². The van der Waals surface area contributed by atoms with Gasteiger partial charge in [0.1, 0.15) is 11.2 Å². The second-order valence-corrected chi connectivity index (χ2v) is 8.97. The van der Waals surface area contributed by atoms with E-state index in [1.807, 2.05) is 0 Å². The first-order valence-corrected chi connectivity index (χ1v) is 12.2. The Morgan fingerprint density at radius 1 is 0.444 bits per heavy atom. The summed E-state index contributed by atoms with van der Waals surface area (Å²) in [5.41, 5.74) is 7.42. The molecule has 0 aliphatic carbocycles. The van der Waals surface area contributed by atoms with Gasteiger partial charge in [0.2, 0.25) is 0 Å². The first kappa shape index (κ1) is 20.5. The molecule has 36 heavy (non-hydrogen) atoms. The van der Waals surface area contributed by atoms with E-state index in [-0.39, 0.29) is 0 Å². The summed E-state index contributed by atoms with van der Waals surface area (Å²) < 4.78 is 6.49. The van der Waals surface area contributed by atoms with Crippen LogP contribution in [0.5, 0.6) is 0 Å². The molecular weight excluding hydrogens is 438 g/mol. The lowest BCUT2D eigenvalue weighted by Crippen LogP contribution is -2.11. The molecule has 0 bridgehead atoms. The third-order valence-electron chi connectivity index (χ3n) is 6.84. The lowest BCUT2D eigenvalue weighted by Gasteiger charge is -2.28. The number of para-hydroxylation sites is 2. The maximum atomic E-state index is 6.49. The Morgan fingerprint density at radius 3 is 1.69 bits per heavy atom. The van der Waals surface area contributed by atoms with Gasteiger partial charge >= 0.3 is 0 Å². The van der Waals surface area contributed by atoms with Crippen molar-refractivity contribution in [1.82, 2.24) is 0 Å². The van der Waals surface area contributed by atoms with Gasteiger partial charge in [-0.2, -0.15) is 0 Å². The van der Waals surface area contributed by atoms with E-state index in [1.54, 1.807) is 0 Å². The fourth-order valence-corrected chi connectivity index (χ4v) is 5.26. The molecule has 0 saturated carbocycles. The van der Waals surface area contributed by atoms with E-state index in [0.717, 1.165) is 44.6 Å². The highest BCUT2D eigenvalue weighted by molar-refractivity contribution is 6.25. The van der Waals surface area contributed by atoms with E-state index in [0.29, 0.717) is 0 Å². The molecule has 0 atom stereocenters. The van der Waals surface area contributed by atoms with E-state index in [2.05, 4.69) is 144 Å². The van der Waals surface area contributed by atoms with Gasteiger partial charge in [-0.25, -0.2) is 0 Å². The van der Waals surface area contributed by atoms with Crippen LogP contribution in [0.2, 0.25) is 0 Å². The molecule has 0 aliphatic heterocycles. The zero-order valence-electron chi connectivity index (χ0n) is 19.6. The van der Waals surface area contributed by atoms with Gasteiger partial charge in [-0.15, -0.1) is 0 Å². The fraction of sp³-hybridized carbons (Fsp3) is 0. The van der Waals surface area contributed by atoms with Gasteiger partial charge in [0, 0.05) is 22.3 Å². The number of benzene rings is 6. The number of rotatable bonds is 4. The van der Waals surface area contributed by atoms with E-state index in [9.17, 15) is 0 Å². The minimum absolute atomic E-state index is 0.882. The van der Waals surface area contributed by atoms with Crippen LogP contribution in [0.1, 0.15) is 0 Å². The molecule has 7 rings (SSSR count). The van der Waals surface area contributed by atoms with Crippen molar-refractivity contribution in [1.29, 1.82) is 0 Å². The minimum Gasteiger partial charge on any atom is -0.456 e. The van der Waals surface area contributed by atoms with Crippen LogP contribution in [0, 0.1) is 0 Å². The number of fused-ring (bicyclic) bond motifs is 5.